The van der Waals surface area contributed by atoms with E-state index in [0.29, 0.717) is 36.1 Å². The van der Waals surface area contributed by atoms with E-state index in [1.54, 1.807) is 48.5 Å². The Labute approximate surface area is 150 Å². The maximum absolute atomic E-state index is 10.9. The van der Waals surface area contributed by atoms with Crippen LogP contribution >= 0.6 is 0 Å². The fourth-order valence-corrected chi connectivity index (χ4v) is 2.35. The molecule has 0 radical (unpaired) electrons. The topological polar surface area (TPSA) is 107 Å². The summed E-state index contributed by atoms with van der Waals surface area (Å²) < 4.78 is 16.4. The normalized spacial score (nSPS) is 16.2. The quantitative estimate of drug-likeness (QED) is 0.664. The Morgan fingerprint density at radius 2 is 1.77 bits per heavy atom. The van der Waals surface area contributed by atoms with Crippen LogP contribution in [0.2, 0.25) is 0 Å². The van der Waals surface area contributed by atoms with Crippen molar-refractivity contribution in [1.29, 1.82) is 5.41 Å². The molecule has 0 aliphatic carbocycles. The molecule has 2 aromatic rings. The van der Waals surface area contributed by atoms with E-state index in [1.807, 2.05) is 0 Å². The summed E-state index contributed by atoms with van der Waals surface area (Å²) in [6.07, 6.45) is 2.17. The molecular weight excluding hydrogens is 334 g/mol. The number of carbonyl (C=O) groups is 1. The molecule has 1 amide bonds. The van der Waals surface area contributed by atoms with Gasteiger partial charge in [-0.15, -0.1) is 0 Å². The number of carbonyl (C=O) groups excluding carboxylic acids is 1. The first-order valence-corrected chi connectivity index (χ1v) is 8.06. The van der Waals surface area contributed by atoms with Crippen LogP contribution in [0, 0.1) is 5.41 Å². The van der Waals surface area contributed by atoms with Gasteiger partial charge in [0.15, 0.2) is 6.10 Å². The fraction of sp³-hybridized carbons (Fsp3) is 0.158. The Kier molecular flexibility index (Phi) is 5.38. The second kappa shape index (κ2) is 8.06. The lowest BCUT2D eigenvalue weighted by molar-refractivity contribution is 0.105. The number of nitrogens with one attached hydrogen (secondary N) is 2. The molecule has 1 saturated heterocycles. The Balaban J connectivity index is 1.53. The average molecular weight is 353 g/mol. The van der Waals surface area contributed by atoms with E-state index < -0.39 is 6.09 Å². The van der Waals surface area contributed by atoms with Crippen LogP contribution in [0.15, 0.2) is 60.8 Å². The largest absolute Gasteiger partial charge is 0.490 e. The highest BCUT2D eigenvalue weighted by Crippen LogP contribution is 2.24. The number of amides is 1. The van der Waals surface area contributed by atoms with Crippen molar-refractivity contribution in [3.63, 3.8) is 0 Å². The van der Waals surface area contributed by atoms with Gasteiger partial charge in [0.25, 0.3) is 0 Å². The van der Waals surface area contributed by atoms with Crippen molar-refractivity contribution in [2.24, 2.45) is 5.73 Å². The zero-order valence-corrected chi connectivity index (χ0v) is 14.0. The van der Waals surface area contributed by atoms with E-state index >= 15 is 0 Å². The lowest BCUT2D eigenvalue weighted by Crippen LogP contribution is -2.21. The zero-order chi connectivity index (χ0) is 18.4. The smallest absolute Gasteiger partial charge is 0.407 e. The minimum atomic E-state index is -0.414. The van der Waals surface area contributed by atoms with E-state index in [0.717, 1.165) is 5.56 Å². The molecule has 1 heterocycles. The fourth-order valence-electron chi connectivity index (χ4n) is 2.35. The van der Waals surface area contributed by atoms with Crippen molar-refractivity contribution >= 4 is 11.8 Å². The van der Waals surface area contributed by atoms with Gasteiger partial charge in [-0.25, -0.2) is 4.79 Å². The van der Waals surface area contributed by atoms with E-state index in [9.17, 15) is 4.79 Å². The second-order valence-electron chi connectivity index (χ2n) is 5.59. The first kappa shape index (κ1) is 17.3. The van der Waals surface area contributed by atoms with Crippen LogP contribution in [-0.2, 0) is 4.74 Å². The van der Waals surface area contributed by atoms with Gasteiger partial charge in [-0.05, 0) is 66.4 Å². The summed E-state index contributed by atoms with van der Waals surface area (Å²) in [6, 6.07) is 14.3. The maximum atomic E-state index is 10.9. The van der Waals surface area contributed by atoms with Crippen LogP contribution in [0.25, 0.3) is 0 Å². The highest BCUT2D eigenvalue weighted by Gasteiger charge is 2.22. The van der Waals surface area contributed by atoms with Gasteiger partial charge in [0.1, 0.15) is 23.9 Å². The third-order valence-electron chi connectivity index (χ3n) is 3.67. The third-order valence-corrected chi connectivity index (χ3v) is 3.67. The standard InChI is InChI=1S/C19H19N3O4/c20-10-9-18(21)13-1-3-15(4-2-13)25-16-7-5-14(6-8-16)24-12-17-11-22-19(23)26-17/h1-10,17,21H,11-12,20H2,(H,22,23). The van der Waals surface area contributed by atoms with Gasteiger partial charge < -0.3 is 30.7 Å². The van der Waals surface area contributed by atoms with Gasteiger partial charge >= 0.3 is 6.09 Å². The summed E-state index contributed by atoms with van der Waals surface area (Å²) in [7, 11) is 0. The summed E-state index contributed by atoms with van der Waals surface area (Å²) in [5, 5.41) is 10.4. The van der Waals surface area contributed by atoms with Gasteiger partial charge in [-0.1, -0.05) is 0 Å². The van der Waals surface area contributed by atoms with Crippen molar-refractivity contribution in [3.05, 3.63) is 66.4 Å². The number of benzene rings is 2. The molecule has 0 bridgehead atoms. The Morgan fingerprint density at radius 3 is 2.35 bits per heavy atom. The minimum Gasteiger partial charge on any atom is -0.490 e. The van der Waals surface area contributed by atoms with Gasteiger partial charge in [-0.3, -0.25) is 0 Å². The summed E-state index contributed by atoms with van der Waals surface area (Å²) in [5.41, 5.74) is 6.38. The Morgan fingerprint density at radius 1 is 1.15 bits per heavy atom. The molecule has 0 spiro atoms. The molecule has 1 aliphatic rings. The molecule has 7 nitrogen and oxygen atoms in total. The molecule has 26 heavy (non-hydrogen) atoms. The number of alkyl carbamates (subject to hydrolysis) is 1. The van der Waals surface area contributed by atoms with Gasteiger partial charge in [0, 0.05) is 0 Å². The summed E-state index contributed by atoms with van der Waals surface area (Å²) in [6.45, 7) is 0.748. The first-order chi connectivity index (χ1) is 12.6. The highest BCUT2D eigenvalue weighted by molar-refractivity contribution is 6.06. The summed E-state index contributed by atoms with van der Waals surface area (Å²) in [5.74, 6) is 1.99. The molecule has 1 unspecified atom stereocenters. The van der Waals surface area contributed by atoms with Crippen molar-refractivity contribution < 1.29 is 19.0 Å². The second-order valence-corrected chi connectivity index (χ2v) is 5.59. The van der Waals surface area contributed by atoms with Crippen LogP contribution in [0.3, 0.4) is 0 Å². The van der Waals surface area contributed by atoms with Crippen LogP contribution < -0.4 is 20.5 Å². The number of nitrogens with two attached hydrogens (primary N) is 1. The number of ether oxygens (including phenoxy) is 3. The van der Waals surface area contributed by atoms with Crippen molar-refractivity contribution in [1.82, 2.24) is 5.32 Å². The van der Waals surface area contributed by atoms with Gasteiger partial charge in [-0.2, -0.15) is 0 Å². The third kappa shape index (κ3) is 4.54. The van der Waals surface area contributed by atoms with E-state index in [2.05, 4.69) is 5.32 Å². The molecule has 0 aromatic heterocycles. The highest BCUT2D eigenvalue weighted by atomic mass is 16.6. The molecule has 134 valence electrons. The molecule has 2 aromatic carbocycles. The lowest BCUT2D eigenvalue weighted by Gasteiger charge is -2.11. The number of hydrogen-bond donors (Lipinski definition) is 3. The van der Waals surface area contributed by atoms with Crippen molar-refractivity contribution in [2.75, 3.05) is 13.2 Å². The lowest BCUT2D eigenvalue weighted by atomic mass is 10.1. The van der Waals surface area contributed by atoms with Crippen LogP contribution in [0.5, 0.6) is 17.2 Å². The number of hydrogen-bond acceptors (Lipinski definition) is 6. The molecule has 1 aliphatic heterocycles. The van der Waals surface area contributed by atoms with E-state index in [1.165, 1.54) is 12.3 Å². The van der Waals surface area contributed by atoms with Crippen molar-refractivity contribution in [2.45, 2.75) is 6.10 Å². The Bertz CT molecular complexity index is 801. The number of rotatable bonds is 7. The van der Waals surface area contributed by atoms with Crippen LogP contribution in [0.4, 0.5) is 4.79 Å². The SMILES string of the molecule is N=C(C=CN)c1ccc(Oc2ccc(OCC3CNC(=O)O3)cc2)cc1. The predicted octanol–water partition coefficient (Wildman–Crippen LogP) is 2.81. The number of allylic oxidation sites excluding steroid dienone is 1. The monoisotopic (exact) mass is 353 g/mol. The molecular formula is C19H19N3O4. The molecule has 0 saturated carbocycles. The average Bonchev–Trinajstić information content (AvgIpc) is 3.07. The first-order valence-electron chi connectivity index (χ1n) is 8.06. The molecule has 3 rings (SSSR count). The van der Waals surface area contributed by atoms with Gasteiger partial charge in [0.2, 0.25) is 0 Å². The van der Waals surface area contributed by atoms with E-state index in [-0.39, 0.29) is 6.10 Å². The van der Waals surface area contributed by atoms with Crippen molar-refractivity contribution in [3.8, 4) is 17.2 Å². The molecule has 1 fully saturated rings. The van der Waals surface area contributed by atoms with Gasteiger partial charge in [0.05, 0.1) is 12.3 Å². The molecule has 7 heteroatoms. The Hall–Kier alpha value is -3.48. The van der Waals surface area contributed by atoms with Crippen LogP contribution in [0.1, 0.15) is 5.56 Å². The maximum Gasteiger partial charge on any atom is 0.407 e. The number of cyclic esters (lactones) is 1. The predicted molar refractivity (Wildman–Crippen MR) is 96.9 cm³/mol. The van der Waals surface area contributed by atoms with Crippen LogP contribution in [-0.4, -0.2) is 31.1 Å². The molecule has 4 N–H and O–H groups in total. The summed E-state index contributed by atoms with van der Waals surface area (Å²) in [4.78, 5) is 10.9. The minimum absolute atomic E-state index is 0.273. The summed E-state index contributed by atoms with van der Waals surface area (Å²) >= 11 is 0. The van der Waals surface area contributed by atoms with E-state index in [4.69, 9.17) is 25.4 Å². The zero-order valence-electron chi connectivity index (χ0n) is 14.0. The molecule has 1 atom stereocenters.